The quantitative estimate of drug-likeness (QED) is 0.868. The first-order chi connectivity index (χ1) is 9.72. The van der Waals surface area contributed by atoms with E-state index >= 15 is 0 Å². The molecule has 1 N–H and O–H groups in total. The van der Waals surface area contributed by atoms with Crippen molar-refractivity contribution in [3.8, 4) is 11.5 Å². The molecule has 0 aromatic heterocycles. The van der Waals surface area contributed by atoms with Gasteiger partial charge in [0.2, 0.25) is 0 Å². The summed E-state index contributed by atoms with van der Waals surface area (Å²) in [6.45, 7) is 0.655. The van der Waals surface area contributed by atoms with E-state index < -0.39 is 0 Å². The molecule has 0 aliphatic heterocycles. The zero-order chi connectivity index (χ0) is 14.4. The summed E-state index contributed by atoms with van der Waals surface area (Å²) in [4.78, 5) is 0. The Morgan fingerprint density at radius 3 is 2.50 bits per heavy atom. The van der Waals surface area contributed by atoms with Crippen molar-refractivity contribution < 1.29 is 14.6 Å². The number of aliphatic hydroxyl groups is 1. The molecular weight excluding hydrogens is 320 g/mol. The summed E-state index contributed by atoms with van der Waals surface area (Å²) in [5.74, 6) is 1.42. The number of benzene rings is 2. The number of ether oxygens (including phenoxy) is 2. The third kappa shape index (κ3) is 4.07. The van der Waals surface area contributed by atoms with Crippen LogP contribution < -0.4 is 4.74 Å². The Bertz CT molecular complexity index is 552. The van der Waals surface area contributed by atoms with E-state index in [-0.39, 0.29) is 6.61 Å². The summed E-state index contributed by atoms with van der Waals surface area (Å²) in [6, 6.07) is 13.5. The van der Waals surface area contributed by atoms with Gasteiger partial charge in [-0.15, -0.1) is 0 Å². The number of methoxy groups -OCH3 is 1. The van der Waals surface area contributed by atoms with Crippen LogP contribution in [0.25, 0.3) is 0 Å². The maximum absolute atomic E-state index is 9.35. The van der Waals surface area contributed by atoms with E-state index in [1.54, 1.807) is 7.11 Å². The topological polar surface area (TPSA) is 38.7 Å². The molecule has 0 amide bonds. The highest BCUT2D eigenvalue weighted by atomic mass is 79.9. The number of rotatable bonds is 6. The van der Waals surface area contributed by atoms with E-state index in [1.807, 2.05) is 42.5 Å². The minimum Gasteiger partial charge on any atom is -0.457 e. The van der Waals surface area contributed by atoms with Crippen LogP contribution in [-0.4, -0.2) is 18.8 Å². The standard InChI is InChI=1S/C16H17BrO3/c1-19-9-8-12-2-5-15(6-3-12)20-16-7-4-14(17)10-13(16)11-18/h2-7,10,18H,8-9,11H2,1H3. The van der Waals surface area contributed by atoms with Gasteiger partial charge in [-0.2, -0.15) is 0 Å². The lowest BCUT2D eigenvalue weighted by Crippen LogP contribution is -1.95. The zero-order valence-electron chi connectivity index (χ0n) is 11.3. The maximum atomic E-state index is 9.35. The van der Waals surface area contributed by atoms with Crippen LogP contribution in [0.15, 0.2) is 46.9 Å². The van der Waals surface area contributed by atoms with Crippen molar-refractivity contribution in [3.05, 3.63) is 58.1 Å². The average Bonchev–Trinajstić information content (AvgIpc) is 2.48. The number of hydrogen-bond donors (Lipinski definition) is 1. The molecule has 0 bridgehead atoms. The van der Waals surface area contributed by atoms with Crippen molar-refractivity contribution in [2.24, 2.45) is 0 Å². The lowest BCUT2D eigenvalue weighted by Gasteiger charge is -2.10. The van der Waals surface area contributed by atoms with Gasteiger partial charge in [-0.05, 0) is 42.3 Å². The zero-order valence-corrected chi connectivity index (χ0v) is 12.9. The van der Waals surface area contributed by atoms with E-state index in [0.29, 0.717) is 12.4 Å². The minimum atomic E-state index is -0.0549. The van der Waals surface area contributed by atoms with Crippen molar-refractivity contribution in [2.75, 3.05) is 13.7 Å². The van der Waals surface area contributed by atoms with Gasteiger partial charge in [0.15, 0.2) is 0 Å². The molecule has 2 aromatic rings. The molecule has 0 aliphatic rings. The Morgan fingerprint density at radius 1 is 1.10 bits per heavy atom. The summed E-state index contributed by atoms with van der Waals surface area (Å²) < 4.78 is 11.8. The molecule has 2 aromatic carbocycles. The molecule has 0 aliphatic carbocycles. The lowest BCUT2D eigenvalue weighted by molar-refractivity contribution is 0.202. The normalized spacial score (nSPS) is 10.6. The summed E-state index contributed by atoms with van der Waals surface area (Å²) in [7, 11) is 1.70. The van der Waals surface area contributed by atoms with E-state index in [4.69, 9.17) is 9.47 Å². The van der Waals surface area contributed by atoms with E-state index in [0.717, 1.165) is 22.2 Å². The molecule has 0 unspecified atom stereocenters. The first-order valence-electron chi connectivity index (χ1n) is 6.38. The minimum absolute atomic E-state index is 0.0549. The molecule has 20 heavy (non-hydrogen) atoms. The Balaban J connectivity index is 2.10. The maximum Gasteiger partial charge on any atom is 0.133 e. The van der Waals surface area contributed by atoms with E-state index in [9.17, 15) is 5.11 Å². The smallest absolute Gasteiger partial charge is 0.133 e. The number of halogens is 1. The molecule has 106 valence electrons. The molecule has 3 nitrogen and oxygen atoms in total. The molecular formula is C16H17BrO3. The van der Waals surface area contributed by atoms with Crippen molar-refractivity contribution in [3.63, 3.8) is 0 Å². The highest BCUT2D eigenvalue weighted by Crippen LogP contribution is 2.28. The highest BCUT2D eigenvalue weighted by Gasteiger charge is 2.05. The van der Waals surface area contributed by atoms with Gasteiger partial charge in [0.1, 0.15) is 11.5 Å². The summed E-state index contributed by atoms with van der Waals surface area (Å²) in [5, 5.41) is 9.35. The number of hydrogen-bond acceptors (Lipinski definition) is 3. The molecule has 0 spiro atoms. The van der Waals surface area contributed by atoms with Gasteiger partial charge in [-0.25, -0.2) is 0 Å². The Kier molecular flexibility index (Phi) is 5.59. The summed E-state index contributed by atoms with van der Waals surface area (Å²) in [6.07, 6.45) is 0.886. The van der Waals surface area contributed by atoms with Crippen molar-refractivity contribution in [2.45, 2.75) is 13.0 Å². The summed E-state index contributed by atoms with van der Waals surface area (Å²) in [5.41, 5.74) is 1.96. The van der Waals surface area contributed by atoms with Crippen molar-refractivity contribution >= 4 is 15.9 Å². The van der Waals surface area contributed by atoms with Crippen LogP contribution >= 0.6 is 15.9 Å². The first-order valence-corrected chi connectivity index (χ1v) is 7.17. The van der Waals surface area contributed by atoms with Gasteiger partial charge in [0.25, 0.3) is 0 Å². The van der Waals surface area contributed by atoms with Crippen LogP contribution in [0.2, 0.25) is 0 Å². The van der Waals surface area contributed by atoms with Gasteiger partial charge >= 0.3 is 0 Å². The number of aliphatic hydroxyl groups excluding tert-OH is 1. The van der Waals surface area contributed by atoms with Crippen LogP contribution in [0.4, 0.5) is 0 Å². The largest absolute Gasteiger partial charge is 0.457 e. The fraction of sp³-hybridized carbons (Fsp3) is 0.250. The second kappa shape index (κ2) is 7.43. The van der Waals surface area contributed by atoms with Gasteiger partial charge in [0, 0.05) is 17.1 Å². The summed E-state index contributed by atoms with van der Waals surface area (Å²) >= 11 is 3.38. The van der Waals surface area contributed by atoms with Crippen LogP contribution in [-0.2, 0) is 17.8 Å². The van der Waals surface area contributed by atoms with Gasteiger partial charge in [-0.3, -0.25) is 0 Å². The van der Waals surface area contributed by atoms with Gasteiger partial charge in [0.05, 0.1) is 13.2 Å². The van der Waals surface area contributed by atoms with Crippen LogP contribution in [0.1, 0.15) is 11.1 Å². The van der Waals surface area contributed by atoms with Crippen LogP contribution in [0.3, 0.4) is 0 Å². The monoisotopic (exact) mass is 336 g/mol. The molecule has 4 heteroatoms. The molecule has 0 fully saturated rings. The molecule has 0 atom stereocenters. The molecule has 0 heterocycles. The van der Waals surface area contributed by atoms with Crippen molar-refractivity contribution in [1.29, 1.82) is 0 Å². The lowest BCUT2D eigenvalue weighted by atomic mass is 10.1. The highest BCUT2D eigenvalue weighted by molar-refractivity contribution is 9.10. The first kappa shape index (κ1) is 15.0. The Hall–Kier alpha value is -1.36. The average molecular weight is 337 g/mol. The third-order valence-corrected chi connectivity index (χ3v) is 3.43. The van der Waals surface area contributed by atoms with E-state index in [1.165, 1.54) is 5.56 Å². The van der Waals surface area contributed by atoms with Crippen LogP contribution in [0, 0.1) is 0 Å². The second-order valence-corrected chi connectivity index (χ2v) is 5.31. The molecule has 0 radical (unpaired) electrons. The molecule has 0 saturated heterocycles. The predicted octanol–water partition coefficient (Wildman–Crippen LogP) is 3.92. The molecule has 0 saturated carbocycles. The fourth-order valence-electron chi connectivity index (χ4n) is 1.84. The Labute approximate surface area is 127 Å². The van der Waals surface area contributed by atoms with Crippen LogP contribution in [0.5, 0.6) is 11.5 Å². The van der Waals surface area contributed by atoms with Gasteiger partial charge in [-0.1, -0.05) is 28.1 Å². The second-order valence-electron chi connectivity index (χ2n) is 4.40. The third-order valence-electron chi connectivity index (χ3n) is 2.94. The Morgan fingerprint density at radius 2 is 1.85 bits per heavy atom. The van der Waals surface area contributed by atoms with Crippen molar-refractivity contribution in [1.82, 2.24) is 0 Å². The SMILES string of the molecule is COCCc1ccc(Oc2ccc(Br)cc2CO)cc1. The van der Waals surface area contributed by atoms with Gasteiger partial charge < -0.3 is 14.6 Å². The molecule has 2 rings (SSSR count). The fourth-order valence-corrected chi connectivity index (χ4v) is 2.25. The van der Waals surface area contributed by atoms with E-state index in [2.05, 4.69) is 15.9 Å². The predicted molar refractivity (Wildman–Crippen MR) is 82.2 cm³/mol.